The Morgan fingerprint density at radius 2 is 1.63 bits per heavy atom. The van der Waals surface area contributed by atoms with Gasteiger partial charge in [-0.05, 0) is 50.0 Å². The Kier molecular flexibility index (Phi) is 7.76. The monoisotopic (exact) mass is 555 g/mol. The number of aromatic nitrogens is 2. The number of benzene rings is 2. The van der Waals surface area contributed by atoms with E-state index >= 15 is 0 Å². The number of nitrogens with zero attached hydrogens (tertiary/aromatic N) is 5. The van der Waals surface area contributed by atoms with Crippen LogP contribution in [-0.2, 0) is 11.2 Å². The fraction of sp³-hybridized carbons (Fsp3) is 0.438. The van der Waals surface area contributed by atoms with Gasteiger partial charge in [0.15, 0.2) is 5.69 Å². The molecule has 6 rings (SSSR count). The number of piperazine rings is 1. The van der Waals surface area contributed by atoms with Gasteiger partial charge in [0.25, 0.3) is 5.91 Å². The fourth-order valence-corrected chi connectivity index (χ4v) is 6.27. The van der Waals surface area contributed by atoms with Gasteiger partial charge < -0.3 is 24.4 Å². The first-order chi connectivity index (χ1) is 20.0. The molecular formula is C32H37N5O4. The van der Waals surface area contributed by atoms with Crippen LogP contribution >= 0.6 is 0 Å². The van der Waals surface area contributed by atoms with Gasteiger partial charge in [-0.2, -0.15) is 0 Å². The number of hydrogen-bond donors (Lipinski definition) is 1. The summed E-state index contributed by atoms with van der Waals surface area (Å²) in [6, 6.07) is 18.8. The molecule has 0 bridgehead atoms. The highest BCUT2D eigenvalue weighted by Gasteiger charge is 2.38. The van der Waals surface area contributed by atoms with E-state index in [0.29, 0.717) is 30.1 Å². The van der Waals surface area contributed by atoms with Crippen LogP contribution in [0.5, 0.6) is 0 Å². The molecule has 1 aromatic heterocycles. The first kappa shape index (κ1) is 27.1. The molecular weight excluding hydrogens is 518 g/mol. The van der Waals surface area contributed by atoms with E-state index in [4.69, 9.17) is 0 Å². The Bertz CT molecular complexity index is 1390. The minimum Gasteiger partial charge on any atom is -0.465 e. The molecule has 0 spiro atoms. The second-order valence-corrected chi connectivity index (χ2v) is 11.5. The average molecular weight is 556 g/mol. The highest BCUT2D eigenvalue weighted by Crippen LogP contribution is 2.35. The van der Waals surface area contributed by atoms with Crippen molar-refractivity contribution in [1.29, 1.82) is 0 Å². The van der Waals surface area contributed by atoms with Crippen LogP contribution in [0, 0.1) is 5.92 Å². The third kappa shape index (κ3) is 5.85. The highest BCUT2D eigenvalue weighted by molar-refractivity contribution is 5.99. The summed E-state index contributed by atoms with van der Waals surface area (Å²) in [5, 5.41) is 9.70. The molecule has 0 radical (unpaired) electrons. The molecule has 3 aromatic rings. The minimum atomic E-state index is -0.980. The van der Waals surface area contributed by atoms with Gasteiger partial charge in [-0.1, -0.05) is 60.7 Å². The molecule has 3 heterocycles. The van der Waals surface area contributed by atoms with Crippen LogP contribution in [-0.4, -0.2) is 86.0 Å². The molecule has 2 aromatic carbocycles. The summed E-state index contributed by atoms with van der Waals surface area (Å²) < 4.78 is 1.93. The van der Waals surface area contributed by atoms with Crippen molar-refractivity contribution in [3.63, 3.8) is 0 Å². The van der Waals surface area contributed by atoms with Crippen molar-refractivity contribution < 1.29 is 19.5 Å². The summed E-state index contributed by atoms with van der Waals surface area (Å²) in [6.45, 7) is 2.34. The average Bonchev–Trinajstić information content (AvgIpc) is 3.75. The zero-order chi connectivity index (χ0) is 28.3. The first-order valence-corrected chi connectivity index (χ1v) is 14.7. The summed E-state index contributed by atoms with van der Waals surface area (Å²) in [4.78, 5) is 49.9. The van der Waals surface area contributed by atoms with E-state index in [1.807, 2.05) is 70.1 Å². The van der Waals surface area contributed by atoms with Gasteiger partial charge >= 0.3 is 6.09 Å². The van der Waals surface area contributed by atoms with Crippen molar-refractivity contribution in [2.24, 2.45) is 5.92 Å². The van der Waals surface area contributed by atoms with E-state index in [0.717, 1.165) is 37.1 Å². The van der Waals surface area contributed by atoms with Crippen molar-refractivity contribution in [2.75, 3.05) is 32.7 Å². The fourth-order valence-electron chi connectivity index (χ4n) is 6.27. The molecule has 2 atom stereocenters. The van der Waals surface area contributed by atoms with Crippen LogP contribution in [0.2, 0.25) is 0 Å². The Hall–Kier alpha value is -4.14. The maximum absolute atomic E-state index is 14.3. The van der Waals surface area contributed by atoms with Gasteiger partial charge in [0.05, 0.1) is 18.1 Å². The summed E-state index contributed by atoms with van der Waals surface area (Å²) in [6.07, 6.45) is 6.21. The molecule has 41 heavy (non-hydrogen) atoms. The van der Waals surface area contributed by atoms with Gasteiger partial charge in [-0.3, -0.25) is 9.59 Å². The SMILES string of the molecule is O=C(O)N1CCN(C(=O)c2ncn(C3CCCCN(CC4CC4)C3=O)c2-c2ccccc2)[C@H](Cc2ccccc2)C1. The van der Waals surface area contributed by atoms with Gasteiger partial charge in [-0.15, -0.1) is 0 Å². The molecule has 3 fully saturated rings. The van der Waals surface area contributed by atoms with Gasteiger partial charge in [0, 0.05) is 38.3 Å². The zero-order valence-corrected chi connectivity index (χ0v) is 23.3. The number of likely N-dealkylation sites (tertiary alicyclic amines) is 1. The van der Waals surface area contributed by atoms with Crippen molar-refractivity contribution >= 4 is 17.9 Å². The number of imidazole rings is 1. The second-order valence-electron chi connectivity index (χ2n) is 11.5. The number of carboxylic acid groups (broad SMARTS) is 1. The molecule has 2 saturated heterocycles. The predicted octanol–water partition coefficient (Wildman–Crippen LogP) is 4.56. The summed E-state index contributed by atoms with van der Waals surface area (Å²) in [5.74, 6) is 0.488. The van der Waals surface area contributed by atoms with Crippen molar-refractivity contribution in [3.8, 4) is 11.3 Å². The lowest BCUT2D eigenvalue weighted by atomic mass is 10.0. The van der Waals surface area contributed by atoms with E-state index in [1.54, 1.807) is 11.2 Å². The first-order valence-electron chi connectivity index (χ1n) is 14.7. The molecule has 9 nitrogen and oxygen atoms in total. The Labute approximate surface area is 240 Å². The van der Waals surface area contributed by atoms with Crippen molar-refractivity contribution in [1.82, 2.24) is 24.3 Å². The molecule has 3 amide bonds. The smallest absolute Gasteiger partial charge is 0.407 e. The Morgan fingerprint density at radius 3 is 2.34 bits per heavy atom. The zero-order valence-electron chi connectivity index (χ0n) is 23.3. The molecule has 9 heteroatoms. The van der Waals surface area contributed by atoms with Gasteiger partial charge in [-0.25, -0.2) is 9.78 Å². The van der Waals surface area contributed by atoms with Crippen molar-refractivity contribution in [2.45, 2.75) is 50.6 Å². The molecule has 1 N–H and O–H groups in total. The van der Waals surface area contributed by atoms with E-state index in [1.165, 1.54) is 17.7 Å². The van der Waals surface area contributed by atoms with Gasteiger partial charge in [0.2, 0.25) is 5.91 Å². The summed E-state index contributed by atoms with van der Waals surface area (Å²) >= 11 is 0. The standard InChI is InChI=1S/C32H37N5O4/c38-30-27(13-7-8-16-34(30)20-24-14-15-24)37-22-33-28(29(37)25-11-5-2-6-12-25)31(39)36-18-17-35(32(40)41)21-26(36)19-23-9-3-1-4-10-23/h1-6,9-12,22,24,26-27H,7-8,13-21H2,(H,40,41)/t26-,27?/m1/s1. The van der Waals surface area contributed by atoms with E-state index in [-0.39, 0.29) is 37.5 Å². The largest absolute Gasteiger partial charge is 0.465 e. The minimum absolute atomic E-state index is 0.111. The molecule has 3 aliphatic rings. The van der Waals surface area contributed by atoms with E-state index < -0.39 is 12.1 Å². The van der Waals surface area contributed by atoms with Gasteiger partial charge in [0.1, 0.15) is 6.04 Å². The number of carbonyl (C=O) groups is 3. The number of amides is 3. The van der Waals surface area contributed by atoms with Crippen LogP contribution in [0.25, 0.3) is 11.3 Å². The van der Waals surface area contributed by atoms with Crippen LogP contribution in [0.1, 0.15) is 54.2 Å². The number of hydrogen-bond acceptors (Lipinski definition) is 4. The topological polar surface area (TPSA) is 99.0 Å². The van der Waals surface area contributed by atoms with Crippen LogP contribution < -0.4 is 0 Å². The summed E-state index contributed by atoms with van der Waals surface area (Å²) in [7, 11) is 0. The Morgan fingerprint density at radius 1 is 0.902 bits per heavy atom. The normalized spacial score (nSPS) is 21.6. The number of carbonyl (C=O) groups excluding carboxylic acids is 2. The lowest BCUT2D eigenvalue weighted by Gasteiger charge is -2.40. The Balaban J connectivity index is 1.36. The maximum Gasteiger partial charge on any atom is 0.407 e. The third-order valence-electron chi connectivity index (χ3n) is 8.64. The highest BCUT2D eigenvalue weighted by atomic mass is 16.4. The predicted molar refractivity (Wildman–Crippen MR) is 154 cm³/mol. The van der Waals surface area contributed by atoms with Crippen molar-refractivity contribution in [3.05, 3.63) is 78.2 Å². The molecule has 1 unspecified atom stereocenters. The van der Waals surface area contributed by atoms with Crippen LogP contribution in [0.4, 0.5) is 4.79 Å². The molecule has 214 valence electrons. The van der Waals surface area contributed by atoms with E-state index in [2.05, 4.69) is 4.98 Å². The second kappa shape index (κ2) is 11.8. The third-order valence-corrected chi connectivity index (χ3v) is 8.64. The van der Waals surface area contributed by atoms with Crippen LogP contribution in [0.15, 0.2) is 67.0 Å². The molecule has 2 aliphatic heterocycles. The van der Waals surface area contributed by atoms with Crippen LogP contribution in [0.3, 0.4) is 0 Å². The van der Waals surface area contributed by atoms with E-state index in [9.17, 15) is 19.5 Å². The lowest BCUT2D eigenvalue weighted by Crippen LogP contribution is -2.57. The quantitative estimate of drug-likeness (QED) is 0.461. The maximum atomic E-state index is 14.3. The molecule has 1 saturated carbocycles. The molecule has 1 aliphatic carbocycles. The number of rotatable bonds is 7. The lowest BCUT2D eigenvalue weighted by molar-refractivity contribution is -0.134. The summed E-state index contributed by atoms with van der Waals surface area (Å²) in [5.41, 5.74) is 2.84.